The summed E-state index contributed by atoms with van der Waals surface area (Å²) in [6, 6.07) is 20.2. The largest absolute Gasteiger partial charge is 0.325 e. The van der Waals surface area contributed by atoms with E-state index in [1.165, 1.54) is 15.1 Å². The molecule has 29 heavy (non-hydrogen) atoms. The molecule has 148 valence electrons. The normalized spacial score (nSPS) is 13.3. The van der Waals surface area contributed by atoms with Gasteiger partial charge in [-0.2, -0.15) is 0 Å². The summed E-state index contributed by atoms with van der Waals surface area (Å²) in [5.41, 5.74) is 3.04. The number of thiazole rings is 1. The third kappa shape index (κ3) is 4.90. The molecule has 1 amide bonds. The molecule has 0 saturated carbocycles. The number of amides is 1. The van der Waals surface area contributed by atoms with Crippen molar-refractivity contribution < 1.29 is 4.79 Å². The van der Waals surface area contributed by atoms with E-state index in [0.717, 1.165) is 22.6 Å². The van der Waals surface area contributed by atoms with Crippen molar-refractivity contribution in [1.29, 1.82) is 0 Å². The quantitative estimate of drug-likeness (QED) is 0.407. The molecule has 2 N–H and O–H groups in total. The molecule has 0 aliphatic heterocycles. The molecule has 0 bridgehead atoms. The van der Waals surface area contributed by atoms with Gasteiger partial charge in [-0.15, -0.1) is 22.7 Å². The highest BCUT2D eigenvalue weighted by Gasteiger charge is 2.17. The van der Waals surface area contributed by atoms with Crippen LogP contribution >= 0.6 is 22.7 Å². The summed E-state index contributed by atoms with van der Waals surface area (Å²) in [6.07, 6.45) is 0.795. The molecule has 4 nitrogen and oxygen atoms in total. The Morgan fingerprint density at radius 2 is 1.83 bits per heavy atom. The summed E-state index contributed by atoms with van der Waals surface area (Å²) in [4.78, 5) is 18.4. The molecule has 0 aliphatic carbocycles. The summed E-state index contributed by atoms with van der Waals surface area (Å²) in [5, 5.41) is 9.49. The van der Waals surface area contributed by atoms with Crippen LogP contribution in [0.1, 0.15) is 35.3 Å². The average molecular weight is 422 g/mol. The molecule has 6 heteroatoms. The molecule has 2 aromatic heterocycles. The SMILES string of the molecule is C[C@H](N[C@H](C)C(=O)Nc1ccc(Cc2nc3ccccc3s2)cc1)c1cccs1. The Labute approximate surface area is 178 Å². The Bertz CT molecular complexity index is 1050. The van der Waals surface area contributed by atoms with Gasteiger partial charge in [-0.3, -0.25) is 10.1 Å². The van der Waals surface area contributed by atoms with E-state index in [1.807, 2.05) is 60.8 Å². The van der Waals surface area contributed by atoms with E-state index in [0.29, 0.717) is 0 Å². The van der Waals surface area contributed by atoms with Crippen LogP contribution in [0.3, 0.4) is 0 Å². The van der Waals surface area contributed by atoms with Crippen LogP contribution < -0.4 is 10.6 Å². The number of aromatic nitrogens is 1. The van der Waals surface area contributed by atoms with Crippen LogP contribution in [-0.2, 0) is 11.2 Å². The van der Waals surface area contributed by atoms with Gasteiger partial charge in [0.1, 0.15) is 0 Å². The second kappa shape index (κ2) is 8.86. The second-order valence-electron chi connectivity index (χ2n) is 7.06. The van der Waals surface area contributed by atoms with Crippen LogP contribution in [0.4, 0.5) is 5.69 Å². The molecule has 0 spiro atoms. The minimum absolute atomic E-state index is 0.0349. The maximum Gasteiger partial charge on any atom is 0.241 e. The summed E-state index contributed by atoms with van der Waals surface area (Å²) in [7, 11) is 0. The van der Waals surface area contributed by atoms with E-state index < -0.39 is 0 Å². The zero-order valence-electron chi connectivity index (χ0n) is 16.4. The number of benzene rings is 2. The summed E-state index contributed by atoms with van der Waals surface area (Å²) in [5.74, 6) is -0.0349. The van der Waals surface area contributed by atoms with Crippen molar-refractivity contribution in [3.8, 4) is 0 Å². The number of anilines is 1. The first-order valence-corrected chi connectivity index (χ1v) is 11.3. The molecule has 4 aromatic rings. The van der Waals surface area contributed by atoms with Crippen LogP contribution in [0.2, 0.25) is 0 Å². The van der Waals surface area contributed by atoms with Crippen molar-refractivity contribution >= 4 is 44.5 Å². The van der Waals surface area contributed by atoms with Gasteiger partial charge in [-0.25, -0.2) is 4.98 Å². The molecular formula is C23H23N3OS2. The van der Waals surface area contributed by atoms with Gasteiger partial charge in [-0.05, 0) is 55.1 Å². The summed E-state index contributed by atoms with van der Waals surface area (Å²) < 4.78 is 1.21. The molecule has 2 aromatic carbocycles. The fourth-order valence-electron chi connectivity index (χ4n) is 3.20. The molecule has 0 fully saturated rings. The number of para-hydroxylation sites is 1. The van der Waals surface area contributed by atoms with Crippen molar-refractivity contribution in [3.63, 3.8) is 0 Å². The van der Waals surface area contributed by atoms with Crippen LogP contribution in [0, 0.1) is 0 Å². The molecule has 0 aliphatic rings. The molecule has 0 unspecified atom stereocenters. The molecule has 0 saturated heterocycles. The summed E-state index contributed by atoms with van der Waals surface area (Å²) in [6.45, 7) is 3.97. The molecule has 4 rings (SSSR count). The van der Waals surface area contributed by atoms with E-state index in [2.05, 4.69) is 29.7 Å². The van der Waals surface area contributed by atoms with E-state index in [4.69, 9.17) is 4.98 Å². The predicted molar refractivity (Wildman–Crippen MR) is 123 cm³/mol. The highest BCUT2D eigenvalue weighted by Crippen LogP contribution is 2.24. The maximum absolute atomic E-state index is 12.5. The number of thiophene rings is 1. The van der Waals surface area contributed by atoms with Crippen molar-refractivity contribution in [2.75, 3.05) is 5.32 Å². The highest BCUT2D eigenvalue weighted by atomic mass is 32.1. The number of carbonyl (C=O) groups is 1. The molecular weight excluding hydrogens is 398 g/mol. The number of rotatable bonds is 7. The van der Waals surface area contributed by atoms with E-state index in [9.17, 15) is 4.79 Å². The van der Waals surface area contributed by atoms with Crippen molar-refractivity contribution in [2.45, 2.75) is 32.4 Å². The van der Waals surface area contributed by atoms with Gasteiger partial charge in [0, 0.05) is 23.0 Å². The Kier molecular flexibility index (Phi) is 6.04. The number of nitrogens with one attached hydrogen (secondary N) is 2. The van der Waals surface area contributed by atoms with Gasteiger partial charge in [0.2, 0.25) is 5.91 Å². The highest BCUT2D eigenvalue weighted by molar-refractivity contribution is 7.18. The Morgan fingerprint density at radius 1 is 1.03 bits per heavy atom. The number of hydrogen-bond acceptors (Lipinski definition) is 5. The standard InChI is InChI=1S/C23H23N3OS2/c1-15(20-8-5-13-28-20)24-16(2)23(27)25-18-11-9-17(10-12-18)14-22-26-19-6-3-4-7-21(19)29-22/h3-13,15-16,24H,14H2,1-2H3,(H,25,27)/t15-,16+/m0/s1. The van der Waals surface area contributed by atoms with Crippen LogP contribution in [0.5, 0.6) is 0 Å². The van der Waals surface area contributed by atoms with E-state index >= 15 is 0 Å². The lowest BCUT2D eigenvalue weighted by Gasteiger charge is -2.19. The lowest BCUT2D eigenvalue weighted by Crippen LogP contribution is -2.39. The second-order valence-corrected chi connectivity index (χ2v) is 9.16. The van der Waals surface area contributed by atoms with Gasteiger partial charge in [0.05, 0.1) is 21.3 Å². The molecule has 2 heterocycles. The van der Waals surface area contributed by atoms with Crippen molar-refractivity contribution in [3.05, 3.63) is 81.5 Å². The third-order valence-electron chi connectivity index (χ3n) is 4.78. The fourth-order valence-corrected chi connectivity index (χ4v) is 4.94. The average Bonchev–Trinajstić information content (AvgIpc) is 3.39. The minimum Gasteiger partial charge on any atom is -0.325 e. The Hall–Kier alpha value is -2.54. The van der Waals surface area contributed by atoms with Crippen LogP contribution in [0.25, 0.3) is 10.2 Å². The molecule has 0 radical (unpaired) electrons. The monoisotopic (exact) mass is 421 g/mol. The lowest BCUT2D eigenvalue weighted by atomic mass is 10.1. The van der Waals surface area contributed by atoms with Gasteiger partial charge in [-0.1, -0.05) is 30.3 Å². The number of carbonyl (C=O) groups excluding carboxylic acids is 1. The van der Waals surface area contributed by atoms with Crippen molar-refractivity contribution in [1.82, 2.24) is 10.3 Å². The van der Waals surface area contributed by atoms with Gasteiger partial charge < -0.3 is 5.32 Å². The summed E-state index contributed by atoms with van der Waals surface area (Å²) >= 11 is 3.42. The smallest absolute Gasteiger partial charge is 0.241 e. The van der Waals surface area contributed by atoms with Crippen LogP contribution in [0.15, 0.2) is 66.0 Å². The van der Waals surface area contributed by atoms with E-state index in [-0.39, 0.29) is 18.0 Å². The number of fused-ring (bicyclic) bond motifs is 1. The number of nitrogens with zero attached hydrogens (tertiary/aromatic N) is 1. The number of hydrogen-bond donors (Lipinski definition) is 2. The first-order valence-electron chi connectivity index (χ1n) is 9.62. The minimum atomic E-state index is -0.283. The van der Waals surface area contributed by atoms with Crippen LogP contribution in [-0.4, -0.2) is 16.9 Å². The van der Waals surface area contributed by atoms with E-state index in [1.54, 1.807) is 22.7 Å². The zero-order chi connectivity index (χ0) is 20.2. The Morgan fingerprint density at radius 3 is 2.55 bits per heavy atom. The third-order valence-corrected chi connectivity index (χ3v) is 6.87. The predicted octanol–water partition coefficient (Wildman–Crippen LogP) is 5.63. The van der Waals surface area contributed by atoms with Gasteiger partial charge >= 0.3 is 0 Å². The van der Waals surface area contributed by atoms with Gasteiger partial charge in [0.25, 0.3) is 0 Å². The molecule has 2 atom stereocenters. The maximum atomic E-state index is 12.5. The first-order chi connectivity index (χ1) is 14.1. The Balaban J connectivity index is 1.34. The fraction of sp³-hybridized carbons (Fsp3) is 0.217. The zero-order valence-corrected chi connectivity index (χ0v) is 18.0. The lowest BCUT2D eigenvalue weighted by molar-refractivity contribution is -0.117. The first kappa shape index (κ1) is 19.8. The van der Waals surface area contributed by atoms with Gasteiger partial charge in [0.15, 0.2) is 0 Å². The van der Waals surface area contributed by atoms with Crippen molar-refractivity contribution in [2.24, 2.45) is 0 Å². The topological polar surface area (TPSA) is 54.0 Å².